The first-order chi connectivity index (χ1) is 11.1. The molecular formula is C16H19N3O5. The molecule has 2 heterocycles. The van der Waals surface area contributed by atoms with Crippen LogP contribution in [-0.2, 0) is 16.6 Å². The molecule has 128 valence electrons. The number of hydrogen-bond donors (Lipinski definition) is 2. The molecule has 8 nitrogen and oxygen atoms in total. The lowest BCUT2D eigenvalue weighted by Gasteiger charge is -2.19. The van der Waals surface area contributed by atoms with Crippen molar-refractivity contribution < 1.29 is 19.4 Å². The quantitative estimate of drug-likeness (QED) is 0.801. The number of rotatable bonds is 3. The minimum absolute atomic E-state index is 0.314. The van der Waals surface area contributed by atoms with Crippen LogP contribution in [0.5, 0.6) is 5.75 Å². The molecule has 0 radical (unpaired) electrons. The molecule has 0 bridgehead atoms. The Morgan fingerprint density at radius 1 is 1.38 bits per heavy atom. The van der Waals surface area contributed by atoms with Crippen molar-refractivity contribution in [1.82, 2.24) is 14.9 Å². The number of aryl methyl sites for hydroxylation is 1. The maximum absolute atomic E-state index is 12.3. The summed E-state index contributed by atoms with van der Waals surface area (Å²) in [6.07, 6.45) is 2.85. The topological polar surface area (TPSA) is 111 Å². The molecule has 0 aliphatic carbocycles. The molecular weight excluding hydrogens is 314 g/mol. The molecule has 0 atom stereocenters. The van der Waals surface area contributed by atoms with Gasteiger partial charge in [-0.25, -0.2) is 0 Å². The Labute approximate surface area is 138 Å². The first kappa shape index (κ1) is 17.5. The summed E-state index contributed by atoms with van der Waals surface area (Å²) in [5, 5.41) is 12.9. The van der Waals surface area contributed by atoms with Crippen LogP contribution in [0.15, 0.2) is 23.3 Å². The van der Waals surface area contributed by atoms with E-state index in [-0.39, 0.29) is 0 Å². The summed E-state index contributed by atoms with van der Waals surface area (Å²) >= 11 is 0. The summed E-state index contributed by atoms with van der Waals surface area (Å²) in [6.45, 7) is 4.69. The van der Waals surface area contributed by atoms with Gasteiger partial charge in [0.25, 0.3) is 11.5 Å². The van der Waals surface area contributed by atoms with Gasteiger partial charge in [-0.2, -0.15) is 0 Å². The molecule has 0 aliphatic rings. The van der Waals surface area contributed by atoms with E-state index < -0.39 is 40.9 Å². The van der Waals surface area contributed by atoms with E-state index in [2.05, 4.69) is 10.3 Å². The fourth-order valence-corrected chi connectivity index (χ4v) is 2.19. The fourth-order valence-electron chi connectivity index (χ4n) is 2.19. The van der Waals surface area contributed by atoms with E-state index >= 15 is 0 Å². The van der Waals surface area contributed by atoms with Gasteiger partial charge in [-0.15, -0.1) is 0 Å². The normalized spacial score (nSPS) is 11.3. The Bertz CT molecular complexity index is 864. The molecule has 1 amide bonds. The van der Waals surface area contributed by atoms with Crippen molar-refractivity contribution in [3.05, 3.63) is 34.4 Å². The highest BCUT2D eigenvalue weighted by atomic mass is 16.6. The van der Waals surface area contributed by atoms with Crippen LogP contribution >= 0.6 is 0 Å². The Balaban J connectivity index is 2.31. The van der Waals surface area contributed by atoms with Crippen LogP contribution in [0.4, 0.5) is 0 Å². The van der Waals surface area contributed by atoms with Crippen LogP contribution in [0.3, 0.4) is 0 Å². The third-order valence-electron chi connectivity index (χ3n) is 3.21. The minimum Gasteiger partial charge on any atom is -0.506 e. The molecule has 0 aromatic carbocycles. The van der Waals surface area contributed by atoms with Gasteiger partial charge in [0.2, 0.25) is 0 Å². The van der Waals surface area contributed by atoms with E-state index in [1.807, 2.05) is 0 Å². The number of carbonyl (C=O) groups excluding carboxylic acids is 2. The van der Waals surface area contributed by atoms with Gasteiger partial charge in [0.1, 0.15) is 23.5 Å². The Hall–Kier alpha value is -2.90. The summed E-state index contributed by atoms with van der Waals surface area (Å²) in [7, 11) is 1.47. The van der Waals surface area contributed by atoms with Crippen LogP contribution in [0.2, 0.25) is 0 Å². The highest BCUT2D eigenvalue weighted by molar-refractivity contribution is 6.02. The van der Waals surface area contributed by atoms with Gasteiger partial charge in [0.15, 0.2) is 0 Å². The predicted octanol–water partition coefficient (Wildman–Crippen LogP) is 0.711. The Kier molecular flexibility index (Phi) is 4.59. The SMILES string of the molecule is Cn1c(=O)c(C(=O)NCC(=O)OC(C)(C)C)c(O)c2ccncc21. The van der Waals surface area contributed by atoms with Crippen LogP contribution in [0.1, 0.15) is 31.1 Å². The number of aromatic hydroxyl groups is 1. The van der Waals surface area contributed by atoms with Crippen molar-refractivity contribution >= 4 is 22.8 Å². The zero-order valence-corrected chi connectivity index (χ0v) is 13.9. The molecule has 0 aliphatic heterocycles. The monoisotopic (exact) mass is 333 g/mol. The smallest absolute Gasteiger partial charge is 0.325 e. The van der Waals surface area contributed by atoms with Gasteiger partial charge in [-0.1, -0.05) is 0 Å². The van der Waals surface area contributed by atoms with Gasteiger partial charge >= 0.3 is 5.97 Å². The fraction of sp³-hybridized carbons (Fsp3) is 0.375. The van der Waals surface area contributed by atoms with Gasteiger partial charge in [0.05, 0.1) is 11.7 Å². The highest BCUT2D eigenvalue weighted by Gasteiger charge is 2.22. The predicted molar refractivity (Wildman–Crippen MR) is 86.8 cm³/mol. The minimum atomic E-state index is -0.849. The number of nitrogens with zero attached hydrogens (tertiary/aromatic N) is 2. The van der Waals surface area contributed by atoms with Crippen LogP contribution in [0, 0.1) is 0 Å². The second-order valence-corrected chi connectivity index (χ2v) is 6.25. The number of pyridine rings is 2. The number of nitrogens with one attached hydrogen (secondary N) is 1. The molecule has 0 saturated heterocycles. The van der Waals surface area contributed by atoms with Crippen molar-refractivity contribution in [2.45, 2.75) is 26.4 Å². The van der Waals surface area contributed by atoms with Gasteiger partial charge in [0, 0.05) is 18.6 Å². The summed E-state index contributed by atoms with van der Waals surface area (Å²) in [5.41, 5.74) is -1.41. The Morgan fingerprint density at radius 2 is 2.04 bits per heavy atom. The van der Waals surface area contributed by atoms with Crippen molar-refractivity contribution in [2.75, 3.05) is 6.54 Å². The van der Waals surface area contributed by atoms with Crippen LogP contribution in [0.25, 0.3) is 10.9 Å². The number of aromatic nitrogens is 2. The summed E-state index contributed by atoms with van der Waals surface area (Å²) < 4.78 is 6.28. The average Bonchev–Trinajstić information content (AvgIpc) is 2.49. The van der Waals surface area contributed by atoms with Crippen LogP contribution < -0.4 is 10.9 Å². The zero-order valence-electron chi connectivity index (χ0n) is 13.9. The molecule has 24 heavy (non-hydrogen) atoms. The Morgan fingerprint density at radius 3 is 2.67 bits per heavy atom. The van der Waals surface area contributed by atoms with E-state index in [0.717, 1.165) is 0 Å². The molecule has 0 saturated carbocycles. The molecule has 2 N–H and O–H groups in total. The molecule has 0 spiro atoms. The van der Waals surface area contributed by atoms with Crippen molar-refractivity contribution in [3.8, 4) is 5.75 Å². The molecule has 2 aromatic heterocycles. The molecule has 0 fully saturated rings. The van der Waals surface area contributed by atoms with Gasteiger partial charge in [-0.05, 0) is 26.8 Å². The largest absolute Gasteiger partial charge is 0.506 e. The lowest BCUT2D eigenvalue weighted by Crippen LogP contribution is -2.37. The number of ether oxygens (including phenoxy) is 1. The van der Waals surface area contributed by atoms with E-state index in [1.54, 1.807) is 20.8 Å². The van der Waals surface area contributed by atoms with Gasteiger partial charge in [-0.3, -0.25) is 19.4 Å². The number of amides is 1. The molecule has 8 heteroatoms. The second-order valence-electron chi connectivity index (χ2n) is 6.25. The molecule has 0 unspecified atom stereocenters. The van der Waals surface area contributed by atoms with Crippen molar-refractivity contribution in [3.63, 3.8) is 0 Å². The second kappa shape index (κ2) is 6.31. The standard InChI is InChI=1S/C16H19N3O5/c1-16(2,3)24-11(20)8-18-14(22)12-13(21)9-5-6-17-7-10(9)19(4)15(12)23/h5-7,21H,8H2,1-4H3,(H,18,22). The van der Waals surface area contributed by atoms with E-state index in [0.29, 0.717) is 10.9 Å². The highest BCUT2D eigenvalue weighted by Crippen LogP contribution is 2.24. The number of hydrogen-bond acceptors (Lipinski definition) is 6. The van der Waals surface area contributed by atoms with E-state index in [1.165, 1.54) is 30.1 Å². The van der Waals surface area contributed by atoms with E-state index in [4.69, 9.17) is 4.74 Å². The number of carbonyl (C=O) groups is 2. The zero-order chi connectivity index (χ0) is 18.1. The number of esters is 1. The first-order valence-corrected chi connectivity index (χ1v) is 7.27. The lowest BCUT2D eigenvalue weighted by atomic mass is 10.1. The third kappa shape index (κ3) is 3.53. The lowest BCUT2D eigenvalue weighted by molar-refractivity contribution is -0.153. The maximum atomic E-state index is 12.3. The summed E-state index contributed by atoms with van der Waals surface area (Å²) in [5.74, 6) is -1.94. The van der Waals surface area contributed by atoms with E-state index in [9.17, 15) is 19.5 Å². The molecule has 2 rings (SSSR count). The average molecular weight is 333 g/mol. The van der Waals surface area contributed by atoms with Gasteiger partial charge < -0.3 is 19.7 Å². The van der Waals surface area contributed by atoms with Crippen molar-refractivity contribution in [2.24, 2.45) is 7.05 Å². The summed E-state index contributed by atoms with van der Waals surface area (Å²) in [6, 6.07) is 1.49. The maximum Gasteiger partial charge on any atom is 0.325 e. The molecule has 2 aromatic rings. The third-order valence-corrected chi connectivity index (χ3v) is 3.21. The van der Waals surface area contributed by atoms with Crippen LogP contribution in [-0.4, -0.2) is 38.7 Å². The van der Waals surface area contributed by atoms with Crippen molar-refractivity contribution in [1.29, 1.82) is 0 Å². The first-order valence-electron chi connectivity index (χ1n) is 7.27. The summed E-state index contributed by atoms with van der Waals surface area (Å²) in [4.78, 5) is 40.1. The number of fused-ring (bicyclic) bond motifs is 1.